The maximum absolute atomic E-state index is 13.3. The molecule has 1 aromatic heterocycles. The highest BCUT2D eigenvalue weighted by Gasteiger charge is 2.32. The van der Waals surface area contributed by atoms with Crippen LogP contribution in [0.15, 0.2) is 35.7 Å². The molecule has 1 aliphatic rings. The summed E-state index contributed by atoms with van der Waals surface area (Å²) in [6.45, 7) is 1.65. The lowest BCUT2D eigenvalue weighted by atomic mass is 9.89. The highest BCUT2D eigenvalue weighted by molar-refractivity contribution is 7.10. The number of anilines is 1. The monoisotopic (exact) mass is 348 g/mol. The molecule has 0 saturated heterocycles. The van der Waals surface area contributed by atoms with Gasteiger partial charge in [0, 0.05) is 17.0 Å². The lowest BCUT2D eigenvalue weighted by Crippen LogP contribution is -2.42. The topological polar surface area (TPSA) is 78.4 Å². The lowest BCUT2D eigenvalue weighted by molar-refractivity contribution is -0.127. The largest absolute Gasteiger partial charge is 0.383 e. The molecule has 2 aromatic rings. The maximum Gasteiger partial charge on any atom is 0.228 e. The van der Waals surface area contributed by atoms with E-state index in [1.54, 1.807) is 13.0 Å². The summed E-state index contributed by atoms with van der Waals surface area (Å²) in [5.74, 6) is -1.88. The summed E-state index contributed by atoms with van der Waals surface area (Å²) in [4.78, 5) is 25.0. The number of nitrogens with one attached hydrogen (secondary N) is 2. The van der Waals surface area contributed by atoms with Crippen LogP contribution < -0.4 is 10.6 Å². The minimum atomic E-state index is -1.19. The van der Waals surface area contributed by atoms with Gasteiger partial charge in [-0.2, -0.15) is 0 Å². The predicted molar refractivity (Wildman–Crippen MR) is 89.3 cm³/mol. The molecule has 3 N–H and O–H groups in total. The zero-order valence-corrected chi connectivity index (χ0v) is 13.8. The average molecular weight is 348 g/mol. The molecule has 0 bridgehead atoms. The van der Waals surface area contributed by atoms with Gasteiger partial charge in [0.2, 0.25) is 11.8 Å². The van der Waals surface area contributed by atoms with Crippen molar-refractivity contribution in [2.45, 2.75) is 24.9 Å². The molecular formula is C17H17FN2O3S. The molecule has 5 nitrogen and oxygen atoms in total. The van der Waals surface area contributed by atoms with Crippen molar-refractivity contribution in [1.29, 1.82) is 0 Å². The van der Waals surface area contributed by atoms with Gasteiger partial charge in [-0.3, -0.25) is 9.59 Å². The van der Waals surface area contributed by atoms with Gasteiger partial charge in [0.05, 0.1) is 12.5 Å². The number of rotatable bonds is 4. The molecule has 0 saturated carbocycles. The van der Waals surface area contributed by atoms with Crippen molar-refractivity contribution in [3.8, 4) is 0 Å². The number of carbonyl (C=O) groups is 2. The number of amides is 2. The molecular weight excluding hydrogens is 331 g/mol. The molecule has 1 aliphatic heterocycles. The number of carbonyl (C=O) groups excluding carboxylic acids is 2. The first kappa shape index (κ1) is 16.6. The second-order valence-electron chi connectivity index (χ2n) is 6.01. The highest BCUT2D eigenvalue weighted by Crippen LogP contribution is 2.33. The summed E-state index contributed by atoms with van der Waals surface area (Å²) in [6.07, 6.45) is -0.00832. The van der Waals surface area contributed by atoms with Gasteiger partial charge in [-0.25, -0.2) is 4.39 Å². The maximum atomic E-state index is 13.3. The van der Waals surface area contributed by atoms with E-state index in [4.69, 9.17) is 0 Å². The molecule has 0 aliphatic carbocycles. The van der Waals surface area contributed by atoms with Crippen LogP contribution in [0.1, 0.15) is 29.7 Å². The number of aliphatic hydroxyl groups is 1. The molecule has 3 rings (SSSR count). The van der Waals surface area contributed by atoms with Crippen LogP contribution in [-0.4, -0.2) is 23.5 Å². The zero-order valence-electron chi connectivity index (χ0n) is 13.0. The molecule has 2 atom stereocenters. The van der Waals surface area contributed by atoms with E-state index in [1.807, 2.05) is 11.4 Å². The lowest BCUT2D eigenvalue weighted by Gasteiger charge is -2.27. The van der Waals surface area contributed by atoms with E-state index in [1.165, 1.54) is 29.5 Å². The standard InChI is InChI=1S/C17H17FN2O3S/c1-17(23,14-3-2-6-24-14)9-19-16(22)12-8-15(21)20-13-7-10(18)4-5-11(12)13/h2-7,12,23H,8-9H2,1H3,(H,19,22)(H,20,21). The fourth-order valence-electron chi connectivity index (χ4n) is 2.73. The molecule has 0 fully saturated rings. The molecule has 24 heavy (non-hydrogen) atoms. The van der Waals surface area contributed by atoms with Crippen molar-refractivity contribution in [2.75, 3.05) is 11.9 Å². The summed E-state index contributed by atoms with van der Waals surface area (Å²) in [5.41, 5.74) is -0.299. The summed E-state index contributed by atoms with van der Waals surface area (Å²) >= 11 is 1.40. The molecule has 7 heteroatoms. The van der Waals surface area contributed by atoms with Crippen molar-refractivity contribution in [1.82, 2.24) is 5.32 Å². The van der Waals surface area contributed by atoms with E-state index in [-0.39, 0.29) is 24.8 Å². The van der Waals surface area contributed by atoms with Gasteiger partial charge in [-0.05, 0) is 36.1 Å². The number of benzene rings is 1. The van der Waals surface area contributed by atoms with E-state index in [0.717, 1.165) is 4.88 Å². The Bertz CT molecular complexity index is 774. The Morgan fingerprint density at radius 3 is 3.00 bits per heavy atom. The first-order chi connectivity index (χ1) is 11.4. The zero-order chi connectivity index (χ0) is 17.3. The van der Waals surface area contributed by atoms with E-state index in [2.05, 4.69) is 10.6 Å². The number of hydrogen-bond acceptors (Lipinski definition) is 4. The Balaban J connectivity index is 1.75. The smallest absolute Gasteiger partial charge is 0.228 e. The SMILES string of the molecule is CC(O)(CNC(=O)C1CC(=O)Nc2cc(F)ccc21)c1cccs1. The Hall–Kier alpha value is -2.25. The van der Waals surface area contributed by atoms with E-state index < -0.39 is 17.3 Å². The van der Waals surface area contributed by atoms with Gasteiger partial charge in [-0.15, -0.1) is 11.3 Å². The van der Waals surface area contributed by atoms with Gasteiger partial charge < -0.3 is 15.7 Å². The van der Waals surface area contributed by atoms with Gasteiger partial charge in [-0.1, -0.05) is 12.1 Å². The Morgan fingerprint density at radius 2 is 2.29 bits per heavy atom. The second-order valence-corrected chi connectivity index (χ2v) is 6.95. The average Bonchev–Trinajstić information content (AvgIpc) is 3.06. The van der Waals surface area contributed by atoms with Crippen LogP contribution in [0.2, 0.25) is 0 Å². The minimum Gasteiger partial charge on any atom is -0.383 e. The first-order valence-corrected chi connectivity index (χ1v) is 8.38. The molecule has 0 spiro atoms. The van der Waals surface area contributed by atoms with Gasteiger partial charge in [0.1, 0.15) is 11.4 Å². The third kappa shape index (κ3) is 3.32. The normalized spacial score (nSPS) is 19.1. The number of hydrogen-bond donors (Lipinski definition) is 3. The summed E-state index contributed by atoms with van der Waals surface area (Å²) < 4.78 is 13.3. The van der Waals surface area contributed by atoms with Crippen LogP contribution in [0.4, 0.5) is 10.1 Å². The fraction of sp³-hybridized carbons (Fsp3) is 0.294. The van der Waals surface area contributed by atoms with Crippen LogP contribution in [0.25, 0.3) is 0 Å². The van der Waals surface area contributed by atoms with E-state index >= 15 is 0 Å². The molecule has 1 aromatic carbocycles. The summed E-state index contributed by atoms with van der Waals surface area (Å²) in [6, 6.07) is 7.59. The highest BCUT2D eigenvalue weighted by atomic mass is 32.1. The van der Waals surface area contributed by atoms with Crippen LogP contribution in [0.5, 0.6) is 0 Å². The summed E-state index contributed by atoms with van der Waals surface area (Å²) in [7, 11) is 0. The minimum absolute atomic E-state index is 0.00832. The van der Waals surface area contributed by atoms with Crippen molar-refractivity contribution in [2.24, 2.45) is 0 Å². The van der Waals surface area contributed by atoms with Crippen LogP contribution in [0.3, 0.4) is 0 Å². The quantitative estimate of drug-likeness (QED) is 0.794. The van der Waals surface area contributed by atoms with Gasteiger partial charge >= 0.3 is 0 Å². The Labute approximate surface area is 142 Å². The fourth-order valence-corrected chi connectivity index (χ4v) is 3.51. The molecule has 2 heterocycles. The van der Waals surface area contributed by atoms with Crippen molar-refractivity contribution < 1.29 is 19.1 Å². The van der Waals surface area contributed by atoms with Gasteiger partial charge in [0.15, 0.2) is 0 Å². The van der Waals surface area contributed by atoms with Crippen LogP contribution >= 0.6 is 11.3 Å². The van der Waals surface area contributed by atoms with Crippen molar-refractivity contribution in [3.63, 3.8) is 0 Å². The summed E-state index contributed by atoms with van der Waals surface area (Å²) in [5, 5.41) is 17.6. The molecule has 2 unspecified atom stereocenters. The molecule has 126 valence electrons. The third-order valence-corrected chi connectivity index (χ3v) is 5.15. The van der Waals surface area contributed by atoms with Crippen molar-refractivity contribution >= 4 is 28.8 Å². The third-order valence-electron chi connectivity index (χ3n) is 4.03. The number of halogens is 1. The predicted octanol–water partition coefficient (Wildman–Crippen LogP) is 2.34. The Kier molecular flexibility index (Phi) is 4.38. The van der Waals surface area contributed by atoms with Crippen LogP contribution in [0, 0.1) is 5.82 Å². The first-order valence-electron chi connectivity index (χ1n) is 7.50. The van der Waals surface area contributed by atoms with E-state index in [9.17, 15) is 19.1 Å². The van der Waals surface area contributed by atoms with E-state index in [0.29, 0.717) is 11.3 Å². The van der Waals surface area contributed by atoms with Crippen LogP contribution in [-0.2, 0) is 15.2 Å². The molecule has 0 radical (unpaired) electrons. The number of thiophene rings is 1. The second kappa shape index (κ2) is 6.33. The number of fused-ring (bicyclic) bond motifs is 1. The van der Waals surface area contributed by atoms with Gasteiger partial charge in [0.25, 0.3) is 0 Å². The molecule has 2 amide bonds. The Morgan fingerprint density at radius 1 is 1.50 bits per heavy atom. The van der Waals surface area contributed by atoms with Crippen molar-refractivity contribution in [3.05, 3.63) is 52.0 Å².